The Hall–Kier alpha value is -2.53. The minimum absolute atomic E-state index is 0.0203. The second-order valence-electron chi connectivity index (χ2n) is 7.09. The van der Waals surface area contributed by atoms with Crippen LogP contribution in [-0.2, 0) is 16.0 Å². The zero-order chi connectivity index (χ0) is 19.2. The second kappa shape index (κ2) is 8.91. The van der Waals surface area contributed by atoms with E-state index in [4.69, 9.17) is 9.47 Å². The van der Waals surface area contributed by atoms with Gasteiger partial charge in [-0.3, -0.25) is 4.79 Å². The summed E-state index contributed by atoms with van der Waals surface area (Å²) in [5.74, 6) is 0.846. The average molecular weight is 368 g/mol. The number of hydrogen-bond donors (Lipinski definition) is 1. The molecule has 27 heavy (non-hydrogen) atoms. The van der Waals surface area contributed by atoms with Crippen LogP contribution in [0.15, 0.2) is 48.5 Å². The molecular weight excluding hydrogens is 340 g/mol. The lowest BCUT2D eigenvalue weighted by atomic mass is 10.1. The SMILES string of the molecule is COc1ccc(CCC(=O)Nc2ccc(N3CC(C)OCC3C)cc2)cc1. The first-order chi connectivity index (χ1) is 13.0. The van der Waals surface area contributed by atoms with Gasteiger partial charge in [-0.1, -0.05) is 12.1 Å². The molecule has 5 heteroatoms. The summed E-state index contributed by atoms with van der Waals surface area (Å²) in [6.07, 6.45) is 1.39. The highest BCUT2D eigenvalue weighted by Crippen LogP contribution is 2.23. The lowest BCUT2D eigenvalue weighted by molar-refractivity contribution is -0.116. The van der Waals surface area contributed by atoms with Gasteiger partial charge >= 0.3 is 0 Å². The van der Waals surface area contributed by atoms with E-state index in [0.717, 1.165) is 35.8 Å². The van der Waals surface area contributed by atoms with Gasteiger partial charge in [0.25, 0.3) is 0 Å². The van der Waals surface area contributed by atoms with Crippen molar-refractivity contribution in [2.75, 3.05) is 30.5 Å². The van der Waals surface area contributed by atoms with Crippen LogP contribution in [0.25, 0.3) is 0 Å². The van der Waals surface area contributed by atoms with Crippen LogP contribution in [0, 0.1) is 0 Å². The Bertz CT molecular complexity index is 743. The fraction of sp³-hybridized carbons (Fsp3) is 0.409. The highest BCUT2D eigenvalue weighted by Gasteiger charge is 2.23. The van der Waals surface area contributed by atoms with Crippen molar-refractivity contribution in [1.29, 1.82) is 0 Å². The Morgan fingerprint density at radius 1 is 1.15 bits per heavy atom. The molecule has 1 saturated heterocycles. The Morgan fingerprint density at radius 2 is 1.85 bits per heavy atom. The van der Waals surface area contributed by atoms with E-state index in [-0.39, 0.29) is 12.0 Å². The number of ether oxygens (including phenoxy) is 2. The van der Waals surface area contributed by atoms with Crippen LogP contribution in [0.2, 0.25) is 0 Å². The predicted octanol–water partition coefficient (Wildman–Crippen LogP) is 3.88. The van der Waals surface area contributed by atoms with Gasteiger partial charge < -0.3 is 19.7 Å². The molecule has 0 spiro atoms. The van der Waals surface area contributed by atoms with Crippen LogP contribution in [-0.4, -0.2) is 38.3 Å². The van der Waals surface area contributed by atoms with Gasteiger partial charge in [-0.2, -0.15) is 0 Å². The van der Waals surface area contributed by atoms with Gasteiger partial charge in [0.05, 0.1) is 19.8 Å². The molecule has 2 unspecified atom stereocenters. The van der Waals surface area contributed by atoms with Gasteiger partial charge in [0.1, 0.15) is 5.75 Å². The highest BCUT2D eigenvalue weighted by molar-refractivity contribution is 5.91. The van der Waals surface area contributed by atoms with E-state index in [0.29, 0.717) is 18.9 Å². The van der Waals surface area contributed by atoms with E-state index in [2.05, 4.69) is 36.2 Å². The Morgan fingerprint density at radius 3 is 2.52 bits per heavy atom. The molecule has 0 radical (unpaired) electrons. The monoisotopic (exact) mass is 368 g/mol. The lowest BCUT2D eigenvalue weighted by Crippen LogP contribution is -2.47. The molecule has 1 aliphatic rings. The number of methoxy groups -OCH3 is 1. The van der Waals surface area contributed by atoms with Crippen molar-refractivity contribution in [3.63, 3.8) is 0 Å². The molecule has 2 aromatic rings. The molecular formula is C22H28N2O3. The summed E-state index contributed by atoms with van der Waals surface area (Å²) in [5.41, 5.74) is 3.11. The topological polar surface area (TPSA) is 50.8 Å². The standard InChI is InChI=1S/C22H28N2O3/c1-16-15-27-17(2)14-24(16)20-9-7-19(8-10-20)23-22(25)13-6-18-4-11-21(26-3)12-5-18/h4-5,7-12,16-17H,6,13-15H2,1-3H3,(H,23,25). The van der Waals surface area contributed by atoms with Crippen molar-refractivity contribution < 1.29 is 14.3 Å². The maximum absolute atomic E-state index is 12.2. The number of nitrogens with zero attached hydrogens (tertiary/aromatic N) is 1. The quantitative estimate of drug-likeness (QED) is 0.841. The first-order valence-corrected chi connectivity index (χ1v) is 9.46. The molecule has 1 N–H and O–H groups in total. The van der Waals surface area contributed by atoms with E-state index >= 15 is 0 Å². The van der Waals surface area contributed by atoms with Gasteiger partial charge in [0, 0.05) is 30.4 Å². The summed E-state index contributed by atoms with van der Waals surface area (Å²) < 4.78 is 10.8. The Balaban J connectivity index is 1.52. The largest absolute Gasteiger partial charge is 0.497 e. The highest BCUT2D eigenvalue weighted by atomic mass is 16.5. The fourth-order valence-corrected chi connectivity index (χ4v) is 3.27. The third-order valence-electron chi connectivity index (χ3n) is 4.89. The Labute approximate surface area is 161 Å². The molecule has 3 rings (SSSR count). The van der Waals surface area contributed by atoms with Crippen molar-refractivity contribution >= 4 is 17.3 Å². The van der Waals surface area contributed by atoms with Gasteiger partial charge in [0.2, 0.25) is 5.91 Å². The smallest absolute Gasteiger partial charge is 0.224 e. The minimum atomic E-state index is 0.0203. The number of nitrogens with one attached hydrogen (secondary N) is 1. The normalized spacial score (nSPS) is 19.6. The molecule has 1 aliphatic heterocycles. The molecule has 1 fully saturated rings. The van der Waals surface area contributed by atoms with Crippen LogP contribution in [0.5, 0.6) is 5.75 Å². The summed E-state index contributed by atoms with van der Waals surface area (Å²) in [7, 11) is 1.65. The van der Waals surface area contributed by atoms with Crippen LogP contribution in [0.4, 0.5) is 11.4 Å². The molecule has 0 aliphatic carbocycles. The number of aryl methyl sites for hydroxylation is 1. The van der Waals surface area contributed by atoms with Gasteiger partial charge in [-0.05, 0) is 62.2 Å². The summed E-state index contributed by atoms with van der Waals surface area (Å²) in [6.45, 7) is 5.89. The number of morpholine rings is 1. The zero-order valence-corrected chi connectivity index (χ0v) is 16.3. The molecule has 0 bridgehead atoms. The lowest BCUT2D eigenvalue weighted by Gasteiger charge is -2.38. The molecule has 144 valence electrons. The first-order valence-electron chi connectivity index (χ1n) is 9.46. The predicted molar refractivity (Wildman–Crippen MR) is 109 cm³/mol. The molecule has 0 aromatic heterocycles. The van der Waals surface area contributed by atoms with Crippen LogP contribution >= 0.6 is 0 Å². The fourth-order valence-electron chi connectivity index (χ4n) is 3.27. The molecule has 2 atom stereocenters. The second-order valence-corrected chi connectivity index (χ2v) is 7.09. The van der Waals surface area contributed by atoms with E-state index in [9.17, 15) is 4.79 Å². The summed E-state index contributed by atoms with van der Waals surface area (Å²) in [4.78, 5) is 14.6. The molecule has 2 aromatic carbocycles. The van der Waals surface area contributed by atoms with Crippen LogP contribution < -0.4 is 15.0 Å². The summed E-state index contributed by atoms with van der Waals surface area (Å²) in [6, 6.07) is 16.2. The van der Waals surface area contributed by atoms with Gasteiger partial charge in [-0.15, -0.1) is 0 Å². The number of carbonyl (C=O) groups excluding carboxylic acids is 1. The molecule has 1 heterocycles. The van der Waals surface area contributed by atoms with E-state index in [1.165, 1.54) is 0 Å². The van der Waals surface area contributed by atoms with Crippen molar-refractivity contribution in [2.24, 2.45) is 0 Å². The maximum Gasteiger partial charge on any atom is 0.224 e. The van der Waals surface area contributed by atoms with E-state index in [1.54, 1.807) is 7.11 Å². The molecule has 0 saturated carbocycles. The number of anilines is 2. The third-order valence-corrected chi connectivity index (χ3v) is 4.89. The van der Waals surface area contributed by atoms with Gasteiger partial charge in [0.15, 0.2) is 0 Å². The number of hydrogen-bond acceptors (Lipinski definition) is 4. The van der Waals surface area contributed by atoms with E-state index < -0.39 is 0 Å². The minimum Gasteiger partial charge on any atom is -0.497 e. The summed E-state index contributed by atoms with van der Waals surface area (Å²) in [5, 5.41) is 2.98. The Kier molecular flexibility index (Phi) is 6.35. The molecule has 5 nitrogen and oxygen atoms in total. The number of carbonyl (C=O) groups is 1. The number of amides is 1. The van der Waals surface area contributed by atoms with Crippen molar-refractivity contribution in [2.45, 2.75) is 38.8 Å². The average Bonchev–Trinajstić information content (AvgIpc) is 2.69. The zero-order valence-electron chi connectivity index (χ0n) is 16.3. The molecule has 1 amide bonds. The van der Waals surface area contributed by atoms with Gasteiger partial charge in [-0.25, -0.2) is 0 Å². The third kappa shape index (κ3) is 5.23. The number of benzene rings is 2. The van der Waals surface area contributed by atoms with Crippen molar-refractivity contribution in [3.05, 3.63) is 54.1 Å². The van der Waals surface area contributed by atoms with E-state index in [1.807, 2.05) is 36.4 Å². The summed E-state index contributed by atoms with van der Waals surface area (Å²) >= 11 is 0. The number of rotatable bonds is 6. The first kappa shape index (κ1) is 19.2. The van der Waals surface area contributed by atoms with Crippen LogP contribution in [0.3, 0.4) is 0 Å². The van der Waals surface area contributed by atoms with Crippen molar-refractivity contribution in [1.82, 2.24) is 0 Å². The van der Waals surface area contributed by atoms with Crippen molar-refractivity contribution in [3.8, 4) is 5.75 Å². The maximum atomic E-state index is 12.2. The van der Waals surface area contributed by atoms with Crippen LogP contribution in [0.1, 0.15) is 25.8 Å².